The van der Waals surface area contributed by atoms with Gasteiger partial charge in [0.2, 0.25) is 11.8 Å². The first kappa shape index (κ1) is 33.2. The number of carbonyl (C=O) groups is 3. The van der Waals surface area contributed by atoms with Gasteiger partial charge in [0.1, 0.15) is 17.7 Å². The molecular weight excluding hydrogens is 506 g/mol. The summed E-state index contributed by atoms with van der Waals surface area (Å²) in [6, 6.07) is 4.91. The predicted molar refractivity (Wildman–Crippen MR) is 157 cm³/mol. The SMILES string of the molecule is C#Cc1ccc(C(C(=O)NC2CCCCC2)N(CCCCCCCC)C(=O)C(CO)NC(=O)OC(C)(C)C)cc1. The Morgan fingerprint density at radius 2 is 1.68 bits per heavy atom. The van der Waals surface area contributed by atoms with E-state index in [0.717, 1.165) is 64.2 Å². The van der Waals surface area contributed by atoms with Gasteiger partial charge in [0, 0.05) is 18.2 Å². The molecule has 2 atom stereocenters. The Morgan fingerprint density at radius 1 is 1.05 bits per heavy atom. The number of alkyl carbamates (subject to hydrolysis) is 1. The molecule has 1 aromatic carbocycles. The lowest BCUT2D eigenvalue weighted by atomic mass is 9.94. The molecule has 0 radical (unpaired) electrons. The van der Waals surface area contributed by atoms with Crippen LogP contribution in [0.3, 0.4) is 0 Å². The molecule has 0 heterocycles. The third-order valence-electron chi connectivity index (χ3n) is 7.11. The summed E-state index contributed by atoms with van der Waals surface area (Å²) in [4.78, 5) is 41.9. The average Bonchev–Trinajstić information content (AvgIpc) is 2.92. The number of ether oxygens (including phenoxy) is 1. The zero-order valence-electron chi connectivity index (χ0n) is 24.8. The average molecular weight is 556 g/mol. The Hall–Kier alpha value is -3.05. The zero-order valence-corrected chi connectivity index (χ0v) is 24.8. The topological polar surface area (TPSA) is 108 Å². The van der Waals surface area contributed by atoms with Gasteiger partial charge in [0.25, 0.3) is 0 Å². The van der Waals surface area contributed by atoms with Gasteiger partial charge in [-0.05, 0) is 57.7 Å². The molecule has 0 spiro atoms. The van der Waals surface area contributed by atoms with E-state index in [0.29, 0.717) is 24.1 Å². The molecule has 0 aromatic heterocycles. The predicted octanol–water partition coefficient (Wildman–Crippen LogP) is 5.23. The number of benzene rings is 1. The summed E-state index contributed by atoms with van der Waals surface area (Å²) in [6.07, 6.45) is 15.9. The highest BCUT2D eigenvalue weighted by Gasteiger charge is 2.36. The molecule has 1 aliphatic carbocycles. The molecule has 1 fully saturated rings. The van der Waals surface area contributed by atoms with Crippen LogP contribution in [-0.2, 0) is 14.3 Å². The summed E-state index contributed by atoms with van der Waals surface area (Å²) >= 11 is 0. The summed E-state index contributed by atoms with van der Waals surface area (Å²) in [6.45, 7) is 7.00. The van der Waals surface area contributed by atoms with Crippen molar-refractivity contribution in [1.82, 2.24) is 15.5 Å². The zero-order chi connectivity index (χ0) is 29.5. The Labute approximate surface area is 240 Å². The number of terminal acetylenes is 1. The summed E-state index contributed by atoms with van der Waals surface area (Å²) in [5.41, 5.74) is 0.524. The van der Waals surface area contributed by atoms with Crippen LogP contribution in [0.15, 0.2) is 24.3 Å². The number of rotatable bonds is 14. The summed E-state index contributed by atoms with van der Waals surface area (Å²) < 4.78 is 5.32. The van der Waals surface area contributed by atoms with Crippen molar-refractivity contribution < 1.29 is 24.2 Å². The van der Waals surface area contributed by atoms with E-state index in [1.165, 1.54) is 4.90 Å². The number of nitrogens with one attached hydrogen (secondary N) is 2. The molecule has 1 saturated carbocycles. The standard InChI is InChI=1S/C32H49N3O5/c1-6-8-9-10-11-15-22-35(30(38)27(23-36)34-31(39)40-32(3,4)5)28(25-20-18-24(7-2)19-21-25)29(37)33-26-16-13-12-14-17-26/h2,18-21,26-28,36H,6,8-17,22-23H2,1,3-5H3,(H,33,37)(H,34,39). The molecular formula is C32H49N3O5. The van der Waals surface area contributed by atoms with Crippen LogP contribution in [0.5, 0.6) is 0 Å². The van der Waals surface area contributed by atoms with Gasteiger partial charge in [-0.25, -0.2) is 4.79 Å². The van der Waals surface area contributed by atoms with Crippen molar-refractivity contribution >= 4 is 17.9 Å². The molecule has 8 nitrogen and oxygen atoms in total. The largest absolute Gasteiger partial charge is 0.444 e. The second-order valence-electron chi connectivity index (χ2n) is 11.7. The number of carbonyl (C=O) groups excluding carboxylic acids is 3. The highest BCUT2D eigenvalue weighted by Crippen LogP contribution is 2.26. The highest BCUT2D eigenvalue weighted by atomic mass is 16.6. The Balaban J connectivity index is 2.38. The van der Waals surface area contributed by atoms with Gasteiger partial charge in [0.05, 0.1) is 6.61 Å². The van der Waals surface area contributed by atoms with Gasteiger partial charge in [-0.15, -0.1) is 6.42 Å². The fourth-order valence-corrected chi connectivity index (χ4v) is 5.03. The van der Waals surface area contributed by atoms with Gasteiger partial charge in [0.15, 0.2) is 0 Å². The van der Waals surface area contributed by atoms with E-state index >= 15 is 0 Å². The summed E-state index contributed by atoms with van der Waals surface area (Å²) in [5.74, 6) is 1.79. The van der Waals surface area contributed by atoms with Gasteiger partial charge in [-0.3, -0.25) is 9.59 Å². The molecule has 3 N–H and O–H groups in total. The fraction of sp³-hybridized carbons (Fsp3) is 0.656. The highest BCUT2D eigenvalue weighted by molar-refractivity contribution is 5.92. The summed E-state index contributed by atoms with van der Waals surface area (Å²) in [7, 11) is 0. The van der Waals surface area contributed by atoms with Gasteiger partial charge in [-0.1, -0.05) is 76.3 Å². The second kappa shape index (κ2) is 16.9. The smallest absolute Gasteiger partial charge is 0.408 e. The second-order valence-corrected chi connectivity index (χ2v) is 11.7. The molecule has 2 unspecified atom stereocenters. The number of aliphatic hydroxyl groups is 1. The Morgan fingerprint density at radius 3 is 2.25 bits per heavy atom. The van der Waals surface area contributed by atoms with Gasteiger partial charge >= 0.3 is 6.09 Å². The maximum Gasteiger partial charge on any atom is 0.408 e. The van der Waals surface area contributed by atoms with Crippen LogP contribution in [-0.4, -0.2) is 58.8 Å². The molecule has 0 bridgehead atoms. The number of unbranched alkanes of at least 4 members (excludes halogenated alkanes) is 5. The van der Waals surface area contributed by atoms with E-state index in [1.807, 2.05) is 0 Å². The molecule has 0 saturated heterocycles. The lowest BCUT2D eigenvalue weighted by Gasteiger charge is -2.35. The maximum atomic E-state index is 14.0. The minimum absolute atomic E-state index is 0.0493. The van der Waals surface area contributed by atoms with E-state index < -0.39 is 36.3 Å². The number of amides is 3. The monoisotopic (exact) mass is 555 g/mol. The minimum atomic E-state index is -1.26. The van der Waals surface area contributed by atoms with E-state index in [1.54, 1.807) is 45.0 Å². The van der Waals surface area contributed by atoms with Crippen molar-refractivity contribution in [3.05, 3.63) is 35.4 Å². The van der Waals surface area contributed by atoms with Crippen molar-refractivity contribution in [3.63, 3.8) is 0 Å². The summed E-state index contributed by atoms with van der Waals surface area (Å²) in [5, 5.41) is 15.8. The van der Waals surface area contributed by atoms with Crippen LogP contribution in [0.2, 0.25) is 0 Å². The molecule has 8 heteroatoms. The van der Waals surface area contributed by atoms with Crippen LogP contribution in [0.1, 0.15) is 115 Å². The number of hydrogen-bond acceptors (Lipinski definition) is 5. The van der Waals surface area contributed by atoms with Crippen LogP contribution in [0, 0.1) is 12.3 Å². The van der Waals surface area contributed by atoms with Crippen molar-refractivity contribution in [2.24, 2.45) is 0 Å². The third kappa shape index (κ3) is 11.2. The fourth-order valence-electron chi connectivity index (χ4n) is 5.03. The normalized spacial score (nSPS) is 15.4. The van der Waals surface area contributed by atoms with Gasteiger partial charge < -0.3 is 25.4 Å². The van der Waals surface area contributed by atoms with Crippen LogP contribution < -0.4 is 10.6 Å². The third-order valence-corrected chi connectivity index (χ3v) is 7.11. The van der Waals surface area contributed by atoms with Crippen LogP contribution in [0.4, 0.5) is 4.79 Å². The lowest BCUT2D eigenvalue weighted by molar-refractivity contribution is -0.143. The quantitative estimate of drug-likeness (QED) is 0.215. The van der Waals surface area contributed by atoms with Gasteiger partial charge in [-0.2, -0.15) is 0 Å². The first-order chi connectivity index (χ1) is 19.1. The lowest BCUT2D eigenvalue weighted by Crippen LogP contribution is -2.55. The van der Waals surface area contributed by atoms with Crippen molar-refractivity contribution in [1.29, 1.82) is 0 Å². The van der Waals surface area contributed by atoms with Crippen LogP contribution in [0.25, 0.3) is 0 Å². The number of nitrogens with zero attached hydrogens (tertiary/aromatic N) is 1. The van der Waals surface area contributed by atoms with Crippen molar-refractivity contribution in [2.75, 3.05) is 13.2 Å². The molecule has 222 valence electrons. The molecule has 1 aromatic rings. The first-order valence-corrected chi connectivity index (χ1v) is 14.9. The number of hydrogen-bond donors (Lipinski definition) is 3. The maximum absolute atomic E-state index is 14.0. The van der Waals surface area contributed by atoms with Crippen molar-refractivity contribution in [3.8, 4) is 12.3 Å². The molecule has 3 amide bonds. The molecule has 40 heavy (non-hydrogen) atoms. The van der Waals surface area contributed by atoms with Crippen LogP contribution >= 0.6 is 0 Å². The number of aliphatic hydroxyl groups excluding tert-OH is 1. The minimum Gasteiger partial charge on any atom is -0.444 e. The Bertz CT molecular complexity index is 974. The first-order valence-electron chi connectivity index (χ1n) is 14.9. The van der Waals surface area contributed by atoms with E-state index in [9.17, 15) is 19.5 Å². The molecule has 0 aliphatic heterocycles. The van der Waals surface area contributed by atoms with E-state index in [4.69, 9.17) is 11.2 Å². The van der Waals surface area contributed by atoms with Crippen molar-refractivity contribution in [2.45, 2.75) is 122 Å². The molecule has 1 aliphatic rings. The molecule has 2 rings (SSSR count). The van der Waals surface area contributed by atoms with E-state index in [-0.39, 0.29) is 11.9 Å². The Kier molecular flexibility index (Phi) is 14.0. The van der Waals surface area contributed by atoms with E-state index in [2.05, 4.69) is 23.5 Å².